The molecule has 0 amide bonds. The van der Waals surface area contributed by atoms with Gasteiger partial charge in [-0.15, -0.1) is 0 Å². The van der Waals surface area contributed by atoms with E-state index in [4.69, 9.17) is 42.3 Å². The molecule has 9 rings (SSSR count). The normalized spacial score (nSPS) is 52.3. The van der Waals surface area contributed by atoms with Gasteiger partial charge >= 0.3 is 29.8 Å². The number of carbonyl (C=O) groups excluding carboxylic acids is 5. The van der Waals surface area contributed by atoms with Crippen LogP contribution < -0.4 is 0 Å². The highest BCUT2D eigenvalue weighted by atomic mass is 16.9. The van der Waals surface area contributed by atoms with Gasteiger partial charge in [-0.25, -0.2) is 0 Å². The summed E-state index contributed by atoms with van der Waals surface area (Å²) in [7, 11) is 0. The summed E-state index contributed by atoms with van der Waals surface area (Å²) >= 11 is 0. The van der Waals surface area contributed by atoms with Gasteiger partial charge in [0.05, 0.1) is 24.4 Å². The zero-order valence-electron chi connectivity index (χ0n) is 28.3. The molecule has 4 saturated heterocycles. The molecule has 0 aromatic carbocycles. The molecule has 0 unspecified atom stereocenters. The van der Waals surface area contributed by atoms with E-state index in [0.717, 1.165) is 0 Å². The molecule has 8 aliphatic rings. The van der Waals surface area contributed by atoms with Crippen molar-refractivity contribution >= 4 is 29.8 Å². The van der Waals surface area contributed by atoms with Crippen LogP contribution in [0.2, 0.25) is 0 Å². The molecule has 264 valence electrons. The molecule has 1 aromatic heterocycles. The maximum absolute atomic E-state index is 13.8. The summed E-state index contributed by atoms with van der Waals surface area (Å²) in [6, 6.07) is 1.74. The maximum atomic E-state index is 13.8. The van der Waals surface area contributed by atoms with Gasteiger partial charge in [0.2, 0.25) is 5.60 Å². The third kappa shape index (κ3) is 3.08. The lowest BCUT2D eigenvalue weighted by Crippen LogP contribution is -2.95. The van der Waals surface area contributed by atoms with Gasteiger partial charge in [0.25, 0.3) is 5.97 Å². The number of ether oxygens (including phenoxy) is 8. The van der Waals surface area contributed by atoms with Gasteiger partial charge in [-0.2, -0.15) is 0 Å². The number of hydrogen-bond donors (Lipinski definition) is 0. The second-order valence-corrected chi connectivity index (χ2v) is 16.0. The molecule has 3 spiro atoms. The second kappa shape index (κ2) is 9.05. The maximum Gasteiger partial charge on any atom is 0.306 e. The van der Waals surface area contributed by atoms with E-state index in [0.29, 0.717) is 18.4 Å². The number of cyclic esters (lactones) is 2. The summed E-state index contributed by atoms with van der Waals surface area (Å²) in [5.41, 5.74) is -9.33. The molecule has 14 heteroatoms. The van der Waals surface area contributed by atoms with Crippen LogP contribution in [0.1, 0.15) is 91.7 Å². The van der Waals surface area contributed by atoms with Crippen molar-refractivity contribution in [2.24, 2.45) is 28.1 Å². The fraction of sp³-hybridized carbons (Fsp3) is 0.743. The molecule has 4 bridgehead atoms. The summed E-state index contributed by atoms with van der Waals surface area (Å²) in [6.07, 6.45) is 0.0957. The zero-order chi connectivity index (χ0) is 34.8. The van der Waals surface area contributed by atoms with Crippen LogP contribution in [0.5, 0.6) is 0 Å². The molecular weight excluding hydrogens is 644 g/mol. The number of fused-ring (bicyclic) bond motifs is 4. The smallest absolute Gasteiger partial charge is 0.306 e. The first kappa shape index (κ1) is 31.5. The van der Waals surface area contributed by atoms with Crippen molar-refractivity contribution in [3.63, 3.8) is 0 Å². The monoisotopic (exact) mass is 684 g/mol. The highest BCUT2D eigenvalue weighted by molar-refractivity contribution is 5.76. The van der Waals surface area contributed by atoms with Crippen LogP contribution in [-0.2, 0) is 61.9 Å². The van der Waals surface area contributed by atoms with Crippen molar-refractivity contribution in [2.75, 3.05) is 6.61 Å². The van der Waals surface area contributed by atoms with E-state index in [-0.39, 0.29) is 32.3 Å². The van der Waals surface area contributed by atoms with Crippen molar-refractivity contribution in [1.29, 1.82) is 0 Å². The minimum absolute atomic E-state index is 0.0514. The Kier molecular flexibility index (Phi) is 5.81. The van der Waals surface area contributed by atoms with Gasteiger partial charge in [0.15, 0.2) is 12.2 Å². The van der Waals surface area contributed by atoms with Crippen molar-refractivity contribution in [2.45, 2.75) is 127 Å². The molecule has 1 aromatic rings. The van der Waals surface area contributed by atoms with Crippen molar-refractivity contribution in [1.82, 2.24) is 0 Å². The van der Waals surface area contributed by atoms with Crippen LogP contribution in [0.15, 0.2) is 23.0 Å². The van der Waals surface area contributed by atoms with E-state index in [1.54, 1.807) is 19.9 Å². The third-order valence-electron chi connectivity index (χ3n) is 13.9. The molecule has 4 aliphatic heterocycles. The fourth-order valence-corrected chi connectivity index (χ4v) is 13.0. The lowest BCUT2D eigenvalue weighted by Gasteiger charge is -2.77. The van der Waals surface area contributed by atoms with Crippen LogP contribution in [0, 0.1) is 28.1 Å². The van der Waals surface area contributed by atoms with Crippen LogP contribution in [0.3, 0.4) is 0 Å². The molecule has 5 heterocycles. The van der Waals surface area contributed by atoms with Crippen molar-refractivity contribution < 1.29 is 66.3 Å². The van der Waals surface area contributed by atoms with Gasteiger partial charge < -0.3 is 42.3 Å². The molecule has 4 saturated carbocycles. The minimum atomic E-state index is -2.01. The Hall–Kier alpha value is -3.49. The minimum Gasteiger partial charge on any atom is -0.472 e. The largest absolute Gasteiger partial charge is 0.472 e. The first-order valence-corrected chi connectivity index (χ1v) is 17.1. The summed E-state index contributed by atoms with van der Waals surface area (Å²) < 4.78 is 58.4. The van der Waals surface area contributed by atoms with Crippen LogP contribution >= 0.6 is 0 Å². The van der Waals surface area contributed by atoms with E-state index in [9.17, 15) is 24.0 Å². The topological polar surface area (TPSA) is 172 Å². The molecule has 8 fully saturated rings. The molecule has 13 atom stereocenters. The van der Waals surface area contributed by atoms with E-state index in [2.05, 4.69) is 0 Å². The Morgan fingerprint density at radius 3 is 2.29 bits per heavy atom. The molecule has 14 nitrogen and oxygen atoms in total. The fourth-order valence-electron chi connectivity index (χ4n) is 13.0. The Bertz CT molecular complexity index is 1720. The summed E-state index contributed by atoms with van der Waals surface area (Å²) in [4.78, 5) is 67.5. The highest BCUT2D eigenvalue weighted by Gasteiger charge is 3.06. The molecule has 0 radical (unpaired) electrons. The lowest BCUT2D eigenvalue weighted by molar-refractivity contribution is -0.485. The number of furan rings is 1. The second-order valence-electron chi connectivity index (χ2n) is 16.0. The molecule has 0 N–H and O–H groups in total. The van der Waals surface area contributed by atoms with E-state index in [1.807, 2.05) is 13.8 Å². The van der Waals surface area contributed by atoms with Crippen LogP contribution in [0.25, 0.3) is 0 Å². The van der Waals surface area contributed by atoms with Gasteiger partial charge in [0.1, 0.15) is 29.5 Å². The number of rotatable bonds is 5. The number of esters is 5. The van der Waals surface area contributed by atoms with Gasteiger partial charge in [-0.05, 0) is 31.2 Å². The first-order chi connectivity index (χ1) is 23.0. The van der Waals surface area contributed by atoms with E-state index in [1.165, 1.54) is 26.4 Å². The zero-order valence-corrected chi connectivity index (χ0v) is 28.3. The van der Waals surface area contributed by atoms with Crippen molar-refractivity contribution in [3.8, 4) is 0 Å². The van der Waals surface area contributed by atoms with Crippen LogP contribution in [0.4, 0.5) is 0 Å². The standard InChI is InChI=1S/C35H40O14/c1-7-22(38)45-27-34-21-13-24(40)44-25(19-8-11-41-14-19)28(21,4)9-10-32(34)31-16-42-23(39)12-20(31)29(5)15-33(31,48-30(6,47-32)49-34)35(27,46-18(3)37)26(29)43-17(2)36/h8,11,14,20-21,25-27H,7,9-10,12-13,15-16H2,1-6H3/t20-,21+,25-,26-,27-,28+,29-,30+,31-,32-,33+,34+,35-/m0/s1. The van der Waals surface area contributed by atoms with E-state index < -0.39 is 105 Å². The summed E-state index contributed by atoms with van der Waals surface area (Å²) in [5.74, 6) is -6.19. The van der Waals surface area contributed by atoms with Gasteiger partial charge in [-0.1, -0.05) is 20.8 Å². The van der Waals surface area contributed by atoms with Gasteiger partial charge in [-0.3, -0.25) is 24.0 Å². The Morgan fingerprint density at radius 1 is 0.878 bits per heavy atom. The molecule has 49 heavy (non-hydrogen) atoms. The summed E-state index contributed by atoms with van der Waals surface area (Å²) in [6.45, 7) is 9.47. The Morgan fingerprint density at radius 2 is 1.61 bits per heavy atom. The number of carbonyl (C=O) groups is 5. The SMILES string of the molecule is CCC(=O)O[C@@H]1[C@@]2(OC(C)=O)[C@@H](OC(C)=O)[C@@]3(C)C[C@]24O[C@]2(C)O[C@]15[C@@H]1CC(=O)O[C@@H](c6ccoc6)[C@]1(C)CC[C@]5(O2)[C@@]41COC(=O)C[C@@H]31. The first-order valence-electron chi connectivity index (χ1n) is 17.1. The number of hydrogen-bond acceptors (Lipinski definition) is 14. The average molecular weight is 685 g/mol. The predicted molar refractivity (Wildman–Crippen MR) is 157 cm³/mol. The van der Waals surface area contributed by atoms with Crippen LogP contribution in [-0.4, -0.2) is 77.0 Å². The predicted octanol–water partition coefficient (Wildman–Crippen LogP) is 3.19. The third-order valence-corrected chi connectivity index (χ3v) is 13.9. The average Bonchev–Trinajstić information content (AvgIpc) is 3.73. The van der Waals surface area contributed by atoms with Crippen molar-refractivity contribution in [3.05, 3.63) is 24.2 Å². The lowest BCUT2D eigenvalue weighted by atomic mass is 9.33. The quantitative estimate of drug-likeness (QED) is 0.327. The highest BCUT2D eigenvalue weighted by Crippen LogP contribution is 2.90. The van der Waals surface area contributed by atoms with Gasteiger partial charge in [0, 0.05) is 55.9 Å². The summed E-state index contributed by atoms with van der Waals surface area (Å²) in [5, 5.41) is 0. The molecular formula is C35H40O14. The van der Waals surface area contributed by atoms with E-state index >= 15 is 0 Å². The Labute approximate surface area is 281 Å². The Balaban J connectivity index is 1.42. The molecule has 4 aliphatic carbocycles.